The van der Waals surface area contributed by atoms with E-state index in [4.69, 9.17) is 9.52 Å². The van der Waals surface area contributed by atoms with Crippen LogP contribution < -0.4 is 5.32 Å². The largest absolute Gasteiger partial charge is 0.450 e. The summed E-state index contributed by atoms with van der Waals surface area (Å²) in [5, 5.41) is 12.8. The molecule has 3 rings (SSSR count). The highest BCUT2D eigenvalue weighted by atomic mass is 35.5. The third-order valence-electron chi connectivity index (χ3n) is 2.56. The fourth-order valence-corrected chi connectivity index (χ4v) is 1.82. The predicted octanol–water partition coefficient (Wildman–Crippen LogP) is 2.20. The molecule has 0 unspecified atom stereocenters. The van der Waals surface area contributed by atoms with Gasteiger partial charge >= 0.3 is 0 Å². The molecule has 0 spiro atoms. The van der Waals surface area contributed by atoms with Gasteiger partial charge in [-0.2, -0.15) is 0 Å². The Balaban J connectivity index is 0.00000120. The fraction of sp³-hybridized carbons (Fsp3) is 0.167. The summed E-state index contributed by atoms with van der Waals surface area (Å²) < 4.78 is 5.71. The Bertz CT molecular complexity index is 669. The van der Waals surface area contributed by atoms with Crippen molar-refractivity contribution in [2.75, 3.05) is 18.5 Å². The number of halogens is 1. The number of benzene rings is 1. The molecule has 0 fully saturated rings. The standard InChI is InChI=1S/C12H11N3O2.ClH/c16-6-5-13-12-11-10(14-7-15-12)8-3-1-2-4-9(8)17-11;/h1-4,7,16H,5-6H2,(H,13,14,15);1H. The highest BCUT2D eigenvalue weighted by Gasteiger charge is 2.11. The van der Waals surface area contributed by atoms with E-state index in [2.05, 4.69) is 15.3 Å². The van der Waals surface area contributed by atoms with Crippen LogP contribution in [-0.2, 0) is 0 Å². The van der Waals surface area contributed by atoms with Crippen LogP contribution in [0.5, 0.6) is 0 Å². The first-order chi connectivity index (χ1) is 8.40. The Morgan fingerprint density at radius 2 is 2.06 bits per heavy atom. The summed E-state index contributed by atoms with van der Waals surface area (Å²) in [5.41, 5.74) is 2.20. The van der Waals surface area contributed by atoms with Gasteiger partial charge in [-0.15, -0.1) is 12.4 Å². The lowest BCUT2D eigenvalue weighted by Crippen LogP contribution is -2.07. The first kappa shape index (κ1) is 12.6. The van der Waals surface area contributed by atoms with E-state index in [1.807, 2.05) is 24.3 Å². The van der Waals surface area contributed by atoms with E-state index in [-0.39, 0.29) is 19.0 Å². The molecular weight excluding hydrogens is 254 g/mol. The molecule has 1 aromatic carbocycles. The molecule has 0 aliphatic rings. The van der Waals surface area contributed by atoms with E-state index < -0.39 is 0 Å². The zero-order valence-electron chi connectivity index (χ0n) is 9.46. The summed E-state index contributed by atoms with van der Waals surface area (Å²) in [6.07, 6.45) is 1.49. The molecule has 2 aromatic heterocycles. The van der Waals surface area contributed by atoms with Crippen LogP contribution in [0.3, 0.4) is 0 Å². The van der Waals surface area contributed by atoms with Crippen LogP contribution in [0.2, 0.25) is 0 Å². The van der Waals surface area contributed by atoms with Crippen molar-refractivity contribution in [2.45, 2.75) is 0 Å². The molecule has 0 aliphatic carbocycles. The molecule has 6 heteroatoms. The van der Waals surface area contributed by atoms with Crippen LogP contribution in [0.1, 0.15) is 0 Å². The SMILES string of the molecule is Cl.OCCNc1ncnc2c1oc1ccccc12. The van der Waals surface area contributed by atoms with Gasteiger partial charge in [0, 0.05) is 11.9 Å². The van der Waals surface area contributed by atoms with E-state index in [0.29, 0.717) is 17.9 Å². The quantitative estimate of drug-likeness (QED) is 0.760. The smallest absolute Gasteiger partial charge is 0.196 e. The monoisotopic (exact) mass is 265 g/mol. The number of aromatic nitrogens is 2. The van der Waals surface area contributed by atoms with E-state index in [1.54, 1.807) is 0 Å². The number of hydrogen-bond acceptors (Lipinski definition) is 5. The Morgan fingerprint density at radius 1 is 1.22 bits per heavy atom. The number of aliphatic hydroxyl groups excluding tert-OH is 1. The van der Waals surface area contributed by atoms with Crippen molar-refractivity contribution in [1.29, 1.82) is 0 Å². The van der Waals surface area contributed by atoms with Crippen molar-refractivity contribution < 1.29 is 9.52 Å². The molecule has 0 bridgehead atoms. The van der Waals surface area contributed by atoms with Gasteiger partial charge in [0.25, 0.3) is 0 Å². The van der Waals surface area contributed by atoms with E-state index in [0.717, 1.165) is 16.5 Å². The minimum Gasteiger partial charge on any atom is -0.450 e. The molecule has 0 amide bonds. The Labute approximate surface area is 109 Å². The second kappa shape index (κ2) is 5.20. The molecule has 0 saturated carbocycles. The minimum atomic E-state index is 0. The van der Waals surface area contributed by atoms with Crippen LogP contribution >= 0.6 is 12.4 Å². The minimum absolute atomic E-state index is 0. The molecule has 0 aliphatic heterocycles. The van der Waals surface area contributed by atoms with Crippen molar-refractivity contribution in [1.82, 2.24) is 9.97 Å². The van der Waals surface area contributed by atoms with Gasteiger partial charge in [-0.05, 0) is 12.1 Å². The van der Waals surface area contributed by atoms with Crippen LogP contribution in [-0.4, -0.2) is 28.2 Å². The number of para-hydroxylation sites is 1. The first-order valence-electron chi connectivity index (χ1n) is 5.37. The van der Waals surface area contributed by atoms with Gasteiger partial charge in [0.15, 0.2) is 11.4 Å². The molecule has 0 atom stereocenters. The number of nitrogens with zero attached hydrogens (tertiary/aromatic N) is 2. The van der Waals surface area contributed by atoms with E-state index >= 15 is 0 Å². The Hall–Kier alpha value is -1.85. The molecule has 18 heavy (non-hydrogen) atoms. The third-order valence-corrected chi connectivity index (χ3v) is 2.56. The van der Waals surface area contributed by atoms with E-state index in [1.165, 1.54) is 6.33 Å². The first-order valence-corrected chi connectivity index (χ1v) is 5.37. The number of hydrogen-bond donors (Lipinski definition) is 2. The maximum atomic E-state index is 8.80. The van der Waals surface area contributed by atoms with Gasteiger partial charge in [-0.25, -0.2) is 9.97 Å². The molecule has 2 N–H and O–H groups in total. The molecule has 0 radical (unpaired) electrons. The van der Waals surface area contributed by atoms with Gasteiger partial charge in [0.2, 0.25) is 0 Å². The van der Waals surface area contributed by atoms with Crippen LogP contribution in [0.15, 0.2) is 35.0 Å². The Morgan fingerprint density at radius 3 is 2.89 bits per heavy atom. The summed E-state index contributed by atoms with van der Waals surface area (Å²) in [5.74, 6) is 0.611. The van der Waals surface area contributed by atoms with Crippen LogP contribution in [0.25, 0.3) is 22.1 Å². The number of fused-ring (bicyclic) bond motifs is 3. The maximum absolute atomic E-state index is 8.80. The topological polar surface area (TPSA) is 71.2 Å². The second-order valence-electron chi connectivity index (χ2n) is 3.65. The van der Waals surface area contributed by atoms with Crippen LogP contribution in [0.4, 0.5) is 5.82 Å². The summed E-state index contributed by atoms with van der Waals surface area (Å²) in [6, 6.07) is 7.72. The van der Waals surface area contributed by atoms with Gasteiger partial charge in [-0.1, -0.05) is 12.1 Å². The highest BCUT2D eigenvalue weighted by Crippen LogP contribution is 2.29. The van der Waals surface area contributed by atoms with Gasteiger partial charge in [0.1, 0.15) is 17.4 Å². The molecule has 94 valence electrons. The zero-order valence-corrected chi connectivity index (χ0v) is 10.3. The van der Waals surface area contributed by atoms with Crippen molar-refractivity contribution in [3.8, 4) is 0 Å². The number of furan rings is 1. The summed E-state index contributed by atoms with van der Waals surface area (Å²) in [7, 11) is 0. The fourth-order valence-electron chi connectivity index (χ4n) is 1.82. The van der Waals surface area contributed by atoms with Gasteiger partial charge in [-0.3, -0.25) is 0 Å². The Kier molecular flexibility index (Phi) is 3.64. The lowest BCUT2D eigenvalue weighted by atomic mass is 10.2. The van der Waals surface area contributed by atoms with Crippen molar-refractivity contribution >= 4 is 40.3 Å². The lowest BCUT2D eigenvalue weighted by Gasteiger charge is -2.01. The molecule has 2 heterocycles. The van der Waals surface area contributed by atoms with Gasteiger partial charge < -0.3 is 14.8 Å². The number of anilines is 1. The van der Waals surface area contributed by atoms with Crippen LogP contribution in [0, 0.1) is 0 Å². The number of nitrogens with one attached hydrogen (secondary N) is 1. The highest BCUT2D eigenvalue weighted by molar-refractivity contribution is 6.05. The number of aliphatic hydroxyl groups is 1. The molecule has 5 nitrogen and oxygen atoms in total. The molecular formula is C12H12ClN3O2. The summed E-state index contributed by atoms with van der Waals surface area (Å²) in [6.45, 7) is 0.481. The molecule has 3 aromatic rings. The predicted molar refractivity (Wildman–Crippen MR) is 72.1 cm³/mol. The van der Waals surface area contributed by atoms with Crippen molar-refractivity contribution in [2.24, 2.45) is 0 Å². The maximum Gasteiger partial charge on any atom is 0.196 e. The number of rotatable bonds is 3. The van der Waals surface area contributed by atoms with Gasteiger partial charge in [0.05, 0.1) is 6.61 Å². The molecule has 0 saturated heterocycles. The van der Waals surface area contributed by atoms with Crippen molar-refractivity contribution in [3.05, 3.63) is 30.6 Å². The average molecular weight is 266 g/mol. The van der Waals surface area contributed by atoms with E-state index in [9.17, 15) is 0 Å². The summed E-state index contributed by atoms with van der Waals surface area (Å²) in [4.78, 5) is 8.34. The van der Waals surface area contributed by atoms with Crippen molar-refractivity contribution in [3.63, 3.8) is 0 Å². The zero-order chi connectivity index (χ0) is 11.7. The lowest BCUT2D eigenvalue weighted by molar-refractivity contribution is 0.311. The third kappa shape index (κ3) is 1.98. The normalized spacial score (nSPS) is 10.5. The second-order valence-corrected chi connectivity index (χ2v) is 3.65. The average Bonchev–Trinajstić information content (AvgIpc) is 2.75. The summed E-state index contributed by atoms with van der Waals surface area (Å²) >= 11 is 0.